The van der Waals surface area contributed by atoms with E-state index in [9.17, 15) is 9.59 Å². The SMILES string of the molecule is CCCC(=O)N1CCCC[C@@H]1C(=O)N[C@@H](C)c1ccncc1. The molecule has 0 aliphatic carbocycles. The average Bonchev–Trinajstić information content (AvgIpc) is 2.55. The molecule has 2 amide bonds. The fourth-order valence-corrected chi connectivity index (χ4v) is 2.91. The molecule has 1 aliphatic rings. The average molecular weight is 303 g/mol. The summed E-state index contributed by atoms with van der Waals surface area (Å²) in [6, 6.07) is 3.38. The molecule has 0 saturated carbocycles. The highest BCUT2D eigenvalue weighted by Crippen LogP contribution is 2.20. The standard InChI is InChI=1S/C17H25N3O2/c1-3-6-16(21)20-12-5-4-7-15(20)17(22)19-13(2)14-8-10-18-11-9-14/h8-11,13,15H,3-7,12H2,1-2H3,(H,19,22)/t13-,15+/m0/s1. The van der Waals surface area contributed by atoms with Gasteiger partial charge in [-0.05, 0) is 50.3 Å². The highest BCUT2D eigenvalue weighted by Gasteiger charge is 2.32. The summed E-state index contributed by atoms with van der Waals surface area (Å²) in [5, 5.41) is 3.03. The normalized spacial score (nSPS) is 19.5. The first-order valence-corrected chi connectivity index (χ1v) is 8.13. The Bertz CT molecular complexity index is 504. The minimum atomic E-state index is -0.322. The zero-order valence-corrected chi connectivity index (χ0v) is 13.4. The molecule has 22 heavy (non-hydrogen) atoms. The third-order valence-corrected chi connectivity index (χ3v) is 4.15. The minimum Gasteiger partial charge on any atom is -0.348 e. The van der Waals surface area contributed by atoms with Crippen molar-refractivity contribution < 1.29 is 9.59 Å². The second-order valence-corrected chi connectivity index (χ2v) is 5.86. The molecule has 1 aliphatic heterocycles. The lowest BCUT2D eigenvalue weighted by Gasteiger charge is -2.35. The van der Waals surface area contributed by atoms with Gasteiger partial charge in [-0.3, -0.25) is 14.6 Å². The molecule has 5 heteroatoms. The first-order valence-electron chi connectivity index (χ1n) is 8.13. The number of rotatable bonds is 5. The van der Waals surface area contributed by atoms with Gasteiger partial charge in [-0.1, -0.05) is 6.92 Å². The predicted molar refractivity (Wildman–Crippen MR) is 85.1 cm³/mol. The molecule has 0 radical (unpaired) electrons. The Labute approximate surface area is 132 Å². The maximum atomic E-state index is 12.6. The van der Waals surface area contributed by atoms with Crippen LogP contribution in [0.4, 0.5) is 0 Å². The quantitative estimate of drug-likeness (QED) is 0.908. The van der Waals surface area contributed by atoms with E-state index in [2.05, 4.69) is 10.3 Å². The van der Waals surface area contributed by atoms with Crippen molar-refractivity contribution in [2.24, 2.45) is 0 Å². The summed E-state index contributed by atoms with van der Waals surface area (Å²) >= 11 is 0. The van der Waals surface area contributed by atoms with Gasteiger partial charge in [0.2, 0.25) is 11.8 Å². The van der Waals surface area contributed by atoms with Gasteiger partial charge in [-0.2, -0.15) is 0 Å². The Balaban J connectivity index is 2.01. The third-order valence-electron chi connectivity index (χ3n) is 4.15. The number of piperidine rings is 1. The van der Waals surface area contributed by atoms with Crippen LogP contribution in [0.15, 0.2) is 24.5 Å². The number of nitrogens with zero attached hydrogens (tertiary/aromatic N) is 2. The molecule has 1 saturated heterocycles. The zero-order valence-electron chi connectivity index (χ0n) is 13.4. The highest BCUT2D eigenvalue weighted by molar-refractivity contribution is 5.88. The molecule has 0 spiro atoms. The Morgan fingerprint density at radius 2 is 2.09 bits per heavy atom. The second-order valence-electron chi connectivity index (χ2n) is 5.86. The van der Waals surface area contributed by atoms with Gasteiger partial charge in [-0.25, -0.2) is 0 Å². The number of pyridine rings is 1. The van der Waals surface area contributed by atoms with Crippen LogP contribution in [-0.2, 0) is 9.59 Å². The lowest BCUT2D eigenvalue weighted by atomic mass is 10.00. The molecule has 1 aromatic rings. The van der Waals surface area contributed by atoms with Gasteiger partial charge in [0, 0.05) is 25.4 Å². The molecular weight excluding hydrogens is 278 g/mol. The first kappa shape index (κ1) is 16.5. The fourth-order valence-electron chi connectivity index (χ4n) is 2.91. The molecule has 2 atom stereocenters. The van der Waals surface area contributed by atoms with Gasteiger partial charge in [0.25, 0.3) is 0 Å². The van der Waals surface area contributed by atoms with Gasteiger partial charge >= 0.3 is 0 Å². The van der Waals surface area contributed by atoms with E-state index in [1.165, 1.54) is 0 Å². The molecule has 1 N–H and O–H groups in total. The van der Waals surface area contributed by atoms with E-state index in [0.29, 0.717) is 13.0 Å². The summed E-state index contributed by atoms with van der Waals surface area (Å²) in [4.78, 5) is 30.5. The van der Waals surface area contributed by atoms with E-state index in [0.717, 1.165) is 31.2 Å². The molecule has 0 bridgehead atoms. The minimum absolute atomic E-state index is 0.0477. The predicted octanol–water partition coefficient (Wildman–Crippen LogP) is 2.44. The van der Waals surface area contributed by atoms with Gasteiger partial charge in [0.15, 0.2) is 0 Å². The van der Waals surface area contributed by atoms with Crippen LogP contribution in [0.3, 0.4) is 0 Å². The number of aromatic nitrogens is 1. The fraction of sp³-hybridized carbons (Fsp3) is 0.588. The van der Waals surface area contributed by atoms with E-state index in [1.54, 1.807) is 17.3 Å². The van der Waals surface area contributed by atoms with Crippen LogP contribution in [0.2, 0.25) is 0 Å². The van der Waals surface area contributed by atoms with Gasteiger partial charge in [0.05, 0.1) is 6.04 Å². The molecule has 120 valence electrons. The maximum Gasteiger partial charge on any atom is 0.243 e. The summed E-state index contributed by atoms with van der Waals surface area (Å²) in [6.07, 6.45) is 7.51. The second kappa shape index (κ2) is 7.92. The summed E-state index contributed by atoms with van der Waals surface area (Å²) < 4.78 is 0. The van der Waals surface area contributed by atoms with Gasteiger partial charge in [0.1, 0.15) is 6.04 Å². The van der Waals surface area contributed by atoms with E-state index in [4.69, 9.17) is 0 Å². The van der Waals surface area contributed by atoms with Crippen molar-refractivity contribution in [2.45, 2.75) is 58.0 Å². The Hall–Kier alpha value is -1.91. The molecule has 0 aromatic carbocycles. The largest absolute Gasteiger partial charge is 0.348 e. The monoisotopic (exact) mass is 303 g/mol. The lowest BCUT2D eigenvalue weighted by Crippen LogP contribution is -2.52. The summed E-state index contributed by atoms with van der Waals surface area (Å²) in [7, 11) is 0. The van der Waals surface area contributed by atoms with Crippen molar-refractivity contribution in [3.05, 3.63) is 30.1 Å². The van der Waals surface area contributed by atoms with Crippen LogP contribution >= 0.6 is 0 Å². The van der Waals surface area contributed by atoms with E-state index < -0.39 is 0 Å². The van der Waals surface area contributed by atoms with Crippen molar-refractivity contribution in [3.8, 4) is 0 Å². The number of likely N-dealkylation sites (tertiary alicyclic amines) is 1. The van der Waals surface area contributed by atoms with Crippen LogP contribution in [0.5, 0.6) is 0 Å². The first-order chi connectivity index (χ1) is 10.6. The number of carbonyl (C=O) groups is 2. The van der Waals surface area contributed by atoms with Crippen LogP contribution < -0.4 is 5.32 Å². The molecule has 1 aromatic heterocycles. The number of amides is 2. The van der Waals surface area contributed by atoms with Crippen LogP contribution in [-0.4, -0.2) is 34.3 Å². The Morgan fingerprint density at radius 1 is 1.36 bits per heavy atom. The number of nitrogens with one attached hydrogen (secondary N) is 1. The number of carbonyl (C=O) groups excluding carboxylic acids is 2. The van der Waals surface area contributed by atoms with Crippen molar-refractivity contribution in [1.29, 1.82) is 0 Å². The summed E-state index contributed by atoms with van der Waals surface area (Å²) in [6.45, 7) is 4.64. The molecular formula is C17H25N3O2. The van der Waals surface area contributed by atoms with Gasteiger partial charge < -0.3 is 10.2 Å². The van der Waals surface area contributed by atoms with Crippen LogP contribution in [0, 0.1) is 0 Å². The van der Waals surface area contributed by atoms with E-state index in [-0.39, 0.29) is 23.9 Å². The molecule has 0 unspecified atom stereocenters. The van der Waals surface area contributed by atoms with Gasteiger partial charge in [-0.15, -0.1) is 0 Å². The van der Waals surface area contributed by atoms with Crippen LogP contribution in [0.1, 0.15) is 57.6 Å². The highest BCUT2D eigenvalue weighted by atomic mass is 16.2. The van der Waals surface area contributed by atoms with Crippen molar-refractivity contribution in [1.82, 2.24) is 15.2 Å². The number of hydrogen-bond donors (Lipinski definition) is 1. The molecule has 1 fully saturated rings. The Morgan fingerprint density at radius 3 is 2.77 bits per heavy atom. The van der Waals surface area contributed by atoms with E-state index in [1.807, 2.05) is 26.0 Å². The molecule has 2 heterocycles. The van der Waals surface area contributed by atoms with E-state index >= 15 is 0 Å². The molecule has 2 rings (SSSR count). The maximum absolute atomic E-state index is 12.6. The zero-order chi connectivity index (χ0) is 15.9. The summed E-state index contributed by atoms with van der Waals surface area (Å²) in [5.74, 6) is 0.0485. The topological polar surface area (TPSA) is 62.3 Å². The number of hydrogen-bond acceptors (Lipinski definition) is 3. The third kappa shape index (κ3) is 4.06. The van der Waals surface area contributed by atoms with Crippen molar-refractivity contribution in [2.75, 3.05) is 6.54 Å². The van der Waals surface area contributed by atoms with Crippen molar-refractivity contribution >= 4 is 11.8 Å². The lowest BCUT2D eigenvalue weighted by molar-refractivity contribution is -0.142. The van der Waals surface area contributed by atoms with Crippen LogP contribution in [0.25, 0.3) is 0 Å². The Kier molecular flexibility index (Phi) is 5.92. The summed E-state index contributed by atoms with van der Waals surface area (Å²) in [5.41, 5.74) is 1.02. The van der Waals surface area contributed by atoms with Crippen molar-refractivity contribution in [3.63, 3.8) is 0 Å². The molecule has 5 nitrogen and oxygen atoms in total. The smallest absolute Gasteiger partial charge is 0.243 e.